The number of carboxylic acid groups (broad SMARTS) is 1. The summed E-state index contributed by atoms with van der Waals surface area (Å²) < 4.78 is 0. The van der Waals surface area contributed by atoms with Crippen molar-refractivity contribution in [2.24, 2.45) is 5.73 Å². The molecule has 0 fully saturated rings. The molecule has 5 nitrogen and oxygen atoms in total. The summed E-state index contributed by atoms with van der Waals surface area (Å²) >= 11 is 5.13. The van der Waals surface area contributed by atoms with Crippen LogP contribution in [0.3, 0.4) is 0 Å². The number of thiol groups is 1. The van der Waals surface area contributed by atoms with Crippen molar-refractivity contribution >= 4 is 36.3 Å². The molecule has 0 bridgehead atoms. The van der Waals surface area contributed by atoms with E-state index in [1.54, 1.807) is 0 Å². The van der Waals surface area contributed by atoms with Gasteiger partial charge in [-0.05, 0) is 0 Å². The fourth-order valence-corrected chi connectivity index (χ4v) is 1.59. The number of hydrogen-bond donors (Lipinski definition) is 4. The molecule has 0 radical (unpaired) electrons. The smallest absolute Gasteiger partial charge is 0.327 e. The maximum atomic E-state index is 10.9. The quantitative estimate of drug-likeness (QED) is 0.343. The first-order valence-electron chi connectivity index (χ1n) is 4.02. The summed E-state index contributed by atoms with van der Waals surface area (Å²) in [5.41, 5.74) is 5.25. The van der Waals surface area contributed by atoms with Crippen LogP contribution in [0, 0.1) is 0 Å². The van der Waals surface area contributed by atoms with E-state index in [-0.39, 0.29) is 11.7 Å². The van der Waals surface area contributed by atoms with E-state index in [2.05, 4.69) is 17.9 Å². The lowest BCUT2D eigenvalue weighted by Crippen LogP contribution is -2.43. The van der Waals surface area contributed by atoms with Gasteiger partial charge in [-0.15, -0.1) is 0 Å². The number of nitrogens with two attached hydrogens (primary N) is 1. The van der Waals surface area contributed by atoms with E-state index in [0.717, 1.165) is 0 Å². The number of amides is 1. The molecule has 1 unspecified atom stereocenters. The fourth-order valence-electron chi connectivity index (χ4n) is 0.699. The van der Waals surface area contributed by atoms with Crippen molar-refractivity contribution in [3.8, 4) is 0 Å². The molecule has 0 aromatic heterocycles. The molecule has 14 heavy (non-hydrogen) atoms. The van der Waals surface area contributed by atoms with Crippen LogP contribution in [-0.4, -0.2) is 46.8 Å². The summed E-state index contributed by atoms with van der Waals surface area (Å²) in [5.74, 6) is -0.420. The van der Waals surface area contributed by atoms with Crippen LogP contribution in [0.4, 0.5) is 0 Å². The first-order chi connectivity index (χ1) is 6.61. The van der Waals surface area contributed by atoms with Crippen LogP contribution < -0.4 is 11.1 Å². The van der Waals surface area contributed by atoms with E-state index < -0.39 is 12.0 Å². The third kappa shape index (κ3) is 6.11. The SMILES string of the molecule is NCCSCC(NC(=O)CS)C(=O)O. The monoisotopic (exact) mass is 238 g/mol. The summed E-state index contributed by atoms with van der Waals surface area (Å²) in [7, 11) is 0. The molecule has 0 saturated heterocycles. The lowest BCUT2D eigenvalue weighted by Gasteiger charge is -2.12. The number of hydrogen-bond acceptors (Lipinski definition) is 5. The molecular formula is C7H14N2O3S2. The van der Waals surface area contributed by atoms with Gasteiger partial charge in [-0.25, -0.2) is 4.79 Å². The number of carboxylic acids is 1. The van der Waals surface area contributed by atoms with Gasteiger partial charge < -0.3 is 16.2 Å². The number of nitrogens with one attached hydrogen (secondary N) is 1. The van der Waals surface area contributed by atoms with Gasteiger partial charge in [0.25, 0.3) is 0 Å². The highest BCUT2D eigenvalue weighted by Crippen LogP contribution is 2.02. The first kappa shape index (κ1) is 13.6. The lowest BCUT2D eigenvalue weighted by molar-refractivity contribution is -0.140. The molecule has 0 aliphatic carbocycles. The van der Waals surface area contributed by atoms with Gasteiger partial charge in [0.05, 0.1) is 5.75 Å². The lowest BCUT2D eigenvalue weighted by atomic mass is 10.3. The molecule has 0 aromatic carbocycles. The van der Waals surface area contributed by atoms with Gasteiger partial charge >= 0.3 is 5.97 Å². The van der Waals surface area contributed by atoms with Gasteiger partial charge in [-0.1, -0.05) is 0 Å². The number of rotatable bonds is 7. The zero-order valence-corrected chi connectivity index (χ0v) is 9.31. The second-order valence-electron chi connectivity index (χ2n) is 2.48. The van der Waals surface area contributed by atoms with Crippen LogP contribution in [0.25, 0.3) is 0 Å². The molecule has 0 rings (SSSR count). The highest BCUT2D eigenvalue weighted by atomic mass is 32.2. The molecule has 1 atom stereocenters. The Bertz CT molecular complexity index is 201. The zero-order valence-electron chi connectivity index (χ0n) is 7.60. The molecular weight excluding hydrogens is 224 g/mol. The van der Waals surface area contributed by atoms with Crippen LogP contribution in [0.5, 0.6) is 0 Å². The number of aliphatic carboxylic acids is 1. The Hall–Kier alpha value is -0.400. The maximum absolute atomic E-state index is 10.9. The number of carbonyl (C=O) groups excluding carboxylic acids is 1. The highest BCUT2D eigenvalue weighted by molar-refractivity contribution is 7.99. The summed E-state index contributed by atoms with van der Waals surface area (Å²) in [6.07, 6.45) is 0. The molecule has 0 spiro atoms. The molecule has 0 aliphatic heterocycles. The normalized spacial score (nSPS) is 12.1. The zero-order chi connectivity index (χ0) is 11.0. The molecule has 0 heterocycles. The van der Waals surface area contributed by atoms with E-state index in [9.17, 15) is 9.59 Å². The minimum atomic E-state index is -1.04. The summed E-state index contributed by atoms with van der Waals surface area (Å²) in [6.45, 7) is 0.498. The third-order valence-corrected chi connectivity index (χ3v) is 2.70. The van der Waals surface area contributed by atoms with Crippen LogP contribution in [0.1, 0.15) is 0 Å². The third-order valence-electron chi connectivity index (χ3n) is 1.32. The van der Waals surface area contributed by atoms with Crippen molar-refractivity contribution in [1.29, 1.82) is 0 Å². The standard InChI is InChI=1S/C7H14N2O3S2/c8-1-2-14-4-5(7(11)12)9-6(10)3-13/h5,13H,1-4,8H2,(H,9,10)(H,11,12). The van der Waals surface area contributed by atoms with Crippen molar-refractivity contribution in [3.05, 3.63) is 0 Å². The van der Waals surface area contributed by atoms with Gasteiger partial charge in [-0.2, -0.15) is 24.4 Å². The summed E-state index contributed by atoms with van der Waals surface area (Å²) in [6, 6.07) is -0.855. The van der Waals surface area contributed by atoms with Gasteiger partial charge in [0.1, 0.15) is 6.04 Å². The fraction of sp³-hybridized carbons (Fsp3) is 0.714. The second-order valence-corrected chi connectivity index (χ2v) is 3.95. The molecule has 0 aromatic rings. The molecule has 82 valence electrons. The topological polar surface area (TPSA) is 92.4 Å². The van der Waals surface area contributed by atoms with Crippen molar-refractivity contribution in [1.82, 2.24) is 5.32 Å². The predicted molar refractivity (Wildman–Crippen MR) is 59.8 cm³/mol. The molecule has 0 aliphatic rings. The van der Waals surface area contributed by atoms with Crippen LogP contribution in [0.15, 0.2) is 0 Å². The maximum Gasteiger partial charge on any atom is 0.327 e. The van der Waals surface area contributed by atoms with Gasteiger partial charge in [0.2, 0.25) is 5.91 Å². The Labute approximate surface area is 92.2 Å². The Morgan fingerprint density at radius 3 is 2.64 bits per heavy atom. The van der Waals surface area contributed by atoms with E-state index in [1.165, 1.54) is 11.8 Å². The Morgan fingerprint density at radius 1 is 1.57 bits per heavy atom. The summed E-state index contributed by atoms with van der Waals surface area (Å²) in [4.78, 5) is 21.5. The summed E-state index contributed by atoms with van der Waals surface area (Å²) in [5, 5.41) is 11.1. The van der Waals surface area contributed by atoms with Crippen molar-refractivity contribution in [2.45, 2.75) is 6.04 Å². The van der Waals surface area contributed by atoms with Crippen molar-refractivity contribution in [2.75, 3.05) is 23.8 Å². The second kappa shape index (κ2) is 7.95. The average molecular weight is 238 g/mol. The Balaban J connectivity index is 3.90. The largest absolute Gasteiger partial charge is 0.480 e. The molecule has 7 heteroatoms. The van der Waals surface area contributed by atoms with Gasteiger partial charge in [-0.3, -0.25) is 4.79 Å². The van der Waals surface area contributed by atoms with Crippen LogP contribution in [-0.2, 0) is 9.59 Å². The van der Waals surface area contributed by atoms with Gasteiger partial charge in [0.15, 0.2) is 0 Å². The van der Waals surface area contributed by atoms with Crippen LogP contribution >= 0.6 is 24.4 Å². The minimum Gasteiger partial charge on any atom is -0.480 e. The van der Waals surface area contributed by atoms with E-state index in [0.29, 0.717) is 18.1 Å². The number of carbonyl (C=O) groups is 2. The van der Waals surface area contributed by atoms with Crippen molar-refractivity contribution in [3.63, 3.8) is 0 Å². The predicted octanol–water partition coefficient (Wildman–Crippen LogP) is -0.823. The Kier molecular flexibility index (Phi) is 7.73. The highest BCUT2D eigenvalue weighted by Gasteiger charge is 2.18. The molecule has 1 amide bonds. The Morgan fingerprint density at radius 2 is 2.21 bits per heavy atom. The number of thioether (sulfide) groups is 1. The van der Waals surface area contributed by atoms with E-state index in [4.69, 9.17) is 10.8 Å². The van der Waals surface area contributed by atoms with E-state index >= 15 is 0 Å². The van der Waals surface area contributed by atoms with Crippen molar-refractivity contribution < 1.29 is 14.7 Å². The molecule has 4 N–H and O–H groups in total. The van der Waals surface area contributed by atoms with Gasteiger partial charge in [0, 0.05) is 18.1 Å². The average Bonchev–Trinajstić information content (AvgIpc) is 2.16. The molecule has 0 saturated carbocycles. The minimum absolute atomic E-state index is 0.00860. The van der Waals surface area contributed by atoms with E-state index in [1.807, 2.05) is 0 Å². The first-order valence-corrected chi connectivity index (χ1v) is 5.81. The van der Waals surface area contributed by atoms with Crippen LogP contribution in [0.2, 0.25) is 0 Å².